The van der Waals surface area contributed by atoms with Crippen LogP contribution in [0.1, 0.15) is 28.7 Å². The van der Waals surface area contributed by atoms with Crippen LogP contribution in [0.15, 0.2) is 24.3 Å². The number of hydrogen-bond acceptors (Lipinski definition) is 2. The smallest absolute Gasteiger partial charge is 0.416 e. The summed E-state index contributed by atoms with van der Waals surface area (Å²) in [5, 5.41) is 3.26. The standard InChI is InChI=1S/C18H12Cl2F3NO2/c1-26-15-12(20)7-11(19)9-4-5-17(14(9)15)10-3-2-8(18(21,22)23)6-13(10)24-16(17)25/h2-3,6-7H,4-5H2,1H3,(H,24,25)/t17-/m1/s1. The fourth-order valence-electron chi connectivity index (χ4n) is 4.02. The first-order chi connectivity index (χ1) is 12.2. The van der Waals surface area contributed by atoms with Gasteiger partial charge in [0.15, 0.2) is 0 Å². The number of carbonyl (C=O) groups is 1. The van der Waals surface area contributed by atoms with Crippen LogP contribution in [0.4, 0.5) is 18.9 Å². The van der Waals surface area contributed by atoms with Crippen molar-refractivity contribution in [2.75, 3.05) is 12.4 Å². The zero-order chi connectivity index (χ0) is 18.9. The molecule has 0 unspecified atom stereocenters. The van der Waals surface area contributed by atoms with Gasteiger partial charge in [0.1, 0.15) is 11.2 Å². The lowest BCUT2D eigenvalue weighted by atomic mass is 9.76. The summed E-state index contributed by atoms with van der Waals surface area (Å²) in [4.78, 5) is 12.9. The van der Waals surface area contributed by atoms with Crippen LogP contribution in [0.3, 0.4) is 0 Å². The third-order valence-corrected chi connectivity index (χ3v) is 5.73. The Morgan fingerprint density at radius 1 is 1.19 bits per heavy atom. The zero-order valence-electron chi connectivity index (χ0n) is 13.4. The van der Waals surface area contributed by atoms with Gasteiger partial charge in [-0.25, -0.2) is 0 Å². The number of ether oxygens (including phenoxy) is 1. The first-order valence-electron chi connectivity index (χ1n) is 7.78. The summed E-state index contributed by atoms with van der Waals surface area (Å²) in [6.45, 7) is 0. The fourth-order valence-corrected chi connectivity index (χ4v) is 4.65. The molecule has 2 aromatic rings. The Labute approximate surface area is 157 Å². The summed E-state index contributed by atoms with van der Waals surface area (Å²) < 4.78 is 44.5. The van der Waals surface area contributed by atoms with Crippen LogP contribution >= 0.6 is 23.2 Å². The van der Waals surface area contributed by atoms with Crippen LogP contribution in [-0.2, 0) is 22.8 Å². The van der Waals surface area contributed by atoms with Gasteiger partial charge < -0.3 is 10.1 Å². The molecule has 4 rings (SSSR count). The minimum absolute atomic E-state index is 0.149. The van der Waals surface area contributed by atoms with Crippen molar-refractivity contribution in [1.82, 2.24) is 0 Å². The molecule has 1 atom stereocenters. The highest BCUT2D eigenvalue weighted by Crippen LogP contribution is 2.57. The van der Waals surface area contributed by atoms with Crippen molar-refractivity contribution in [1.29, 1.82) is 0 Å². The molecule has 0 fully saturated rings. The number of benzene rings is 2. The van der Waals surface area contributed by atoms with Gasteiger partial charge in [0.2, 0.25) is 5.91 Å². The van der Waals surface area contributed by atoms with E-state index in [0.717, 1.165) is 17.7 Å². The van der Waals surface area contributed by atoms with Crippen molar-refractivity contribution >= 4 is 34.8 Å². The normalized spacial score (nSPS) is 20.9. The maximum Gasteiger partial charge on any atom is 0.416 e. The highest BCUT2D eigenvalue weighted by molar-refractivity contribution is 6.36. The van der Waals surface area contributed by atoms with Crippen molar-refractivity contribution in [2.24, 2.45) is 0 Å². The topological polar surface area (TPSA) is 38.3 Å². The number of hydrogen-bond donors (Lipinski definition) is 1. The second-order valence-corrected chi connectivity index (χ2v) is 7.16. The van der Waals surface area contributed by atoms with E-state index in [-0.39, 0.29) is 10.7 Å². The molecule has 1 aliphatic heterocycles. The van der Waals surface area contributed by atoms with Gasteiger partial charge >= 0.3 is 6.18 Å². The van der Waals surface area contributed by atoms with E-state index in [1.165, 1.54) is 13.2 Å². The summed E-state index contributed by atoms with van der Waals surface area (Å²) in [6, 6.07) is 4.84. The molecule has 1 N–H and O–H groups in total. The highest BCUT2D eigenvalue weighted by Gasteiger charge is 2.54. The molecule has 2 aliphatic rings. The lowest BCUT2D eigenvalue weighted by molar-refractivity contribution is -0.137. The van der Waals surface area contributed by atoms with E-state index < -0.39 is 23.1 Å². The van der Waals surface area contributed by atoms with Crippen LogP contribution in [0.25, 0.3) is 0 Å². The molecule has 0 radical (unpaired) electrons. The molecule has 1 heterocycles. The summed E-state index contributed by atoms with van der Waals surface area (Å²) >= 11 is 12.5. The number of methoxy groups -OCH3 is 1. The molecular weight excluding hydrogens is 390 g/mol. The predicted molar refractivity (Wildman–Crippen MR) is 92.2 cm³/mol. The minimum atomic E-state index is -4.49. The fraction of sp³-hybridized carbons (Fsp3) is 0.278. The maximum atomic E-state index is 13.0. The van der Waals surface area contributed by atoms with Crippen LogP contribution in [-0.4, -0.2) is 13.0 Å². The largest absolute Gasteiger partial charge is 0.495 e. The van der Waals surface area contributed by atoms with Crippen LogP contribution < -0.4 is 10.1 Å². The summed E-state index contributed by atoms with van der Waals surface area (Å²) in [6.07, 6.45) is -3.62. The van der Waals surface area contributed by atoms with E-state index in [2.05, 4.69) is 5.32 Å². The Morgan fingerprint density at radius 2 is 1.92 bits per heavy atom. The summed E-state index contributed by atoms with van der Waals surface area (Å²) in [5.74, 6) is -0.0753. The van der Waals surface area contributed by atoms with Gasteiger partial charge in [-0.2, -0.15) is 13.2 Å². The number of nitrogens with one attached hydrogen (secondary N) is 1. The number of anilines is 1. The third-order valence-electron chi connectivity index (χ3n) is 5.11. The van der Waals surface area contributed by atoms with Crippen LogP contribution in [0, 0.1) is 0 Å². The van der Waals surface area contributed by atoms with E-state index in [1.54, 1.807) is 6.07 Å². The first-order valence-corrected chi connectivity index (χ1v) is 8.54. The van der Waals surface area contributed by atoms with Gasteiger partial charge in [-0.15, -0.1) is 0 Å². The van der Waals surface area contributed by atoms with E-state index >= 15 is 0 Å². The molecule has 2 aromatic carbocycles. The molecular formula is C18H12Cl2F3NO2. The van der Waals surface area contributed by atoms with Crippen molar-refractivity contribution in [2.45, 2.75) is 24.4 Å². The Hall–Kier alpha value is -1.92. The quantitative estimate of drug-likeness (QED) is 0.712. The van der Waals surface area contributed by atoms with Gasteiger partial charge in [-0.1, -0.05) is 29.3 Å². The van der Waals surface area contributed by atoms with Crippen molar-refractivity contribution < 1.29 is 22.7 Å². The Bertz CT molecular complexity index is 958. The average molecular weight is 402 g/mol. The molecule has 26 heavy (non-hydrogen) atoms. The molecule has 0 saturated carbocycles. The van der Waals surface area contributed by atoms with Crippen LogP contribution in [0.2, 0.25) is 10.0 Å². The van der Waals surface area contributed by atoms with Crippen molar-refractivity contribution in [3.05, 3.63) is 56.6 Å². The van der Waals surface area contributed by atoms with Crippen LogP contribution in [0.5, 0.6) is 5.75 Å². The number of carbonyl (C=O) groups excluding carboxylic acids is 1. The van der Waals surface area contributed by atoms with E-state index in [4.69, 9.17) is 27.9 Å². The Balaban J connectivity index is 2.00. The second-order valence-electron chi connectivity index (χ2n) is 6.34. The number of fused-ring (bicyclic) bond motifs is 4. The number of halogens is 5. The van der Waals surface area contributed by atoms with E-state index in [9.17, 15) is 18.0 Å². The lowest BCUT2D eigenvalue weighted by Gasteiger charge is -2.26. The SMILES string of the molecule is COc1c(Cl)cc(Cl)c2c1[C@]1(CC2)C(=O)Nc2cc(C(F)(F)F)ccc21. The predicted octanol–water partition coefficient (Wildman–Crippen LogP) is 5.21. The van der Waals surface area contributed by atoms with Gasteiger partial charge in [0.25, 0.3) is 0 Å². The number of rotatable bonds is 1. The van der Waals surface area contributed by atoms with Crippen molar-refractivity contribution in [3.63, 3.8) is 0 Å². The molecule has 0 saturated heterocycles. The summed E-state index contributed by atoms with van der Waals surface area (Å²) in [5.41, 5.74) is -0.0803. The second kappa shape index (κ2) is 5.54. The van der Waals surface area contributed by atoms with Gasteiger partial charge in [0, 0.05) is 16.3 Å². The van der Waals surface area contributed by atoms with E-state index in [0.29, 0.717) is 34.7 Å². The van der Waals surface area contributed by atoms with Gasteiger partial charge in [-0.05, 0) is 42.2 Å². The maximum absolute atomic E-state index is 13.0. The first kappa shape index (κ1) is 17.5. The zero-order valence-corrected chi connectivity index (χ0v) is 14.9. The highest BCUT2D eigenvalue weighted by atomic mass is 35.5. The lowest BCUT2D eigenvalue weighted by Crippen LogP contribution is -2.33. The molecule has 1 aliphatic carbocycles. The van der Waals surface area contributed by atoms with Gasteiger partial charge in [0.05, 0.1) is 17.7 Å². The van der Waals surface area contributed by atoms with E-state index in [1.807, 2.05) is 0 Å². The molecule has 1 spiro atoms. The molecule has 1 amide bonds. The monoisotopic (exact) mass is 401 g/mol. The molecule has 3 nitrogen and oxygen atoms in total. The average Bonchev–Trinajstić information content (AvgIpc) is 3.08. The molecule has 8 heteroatoms. The third kappa shape index (κ3) is 2.18. The Morgan fingerprint density at radius 3 is 2.58 bits per heavy atom. The minimum Gasteiger partial charge on any atom is -0.495 e. The Kier molecular flexibility index (Phi) is 3.72. The van der Waals surface area contributed by atoms with Gasteiger partial charge in [-0.3, -0.25) is 4.79 Å². The molecule has 0 bridgehead atoms. The summed E-state index contributed by atoms with van der Waals surface area (Å²) in [7, 11) is 1.43. The molecule has 0 aromatic heterocycles. The number of alkyl halides is 3. The number of amides is 1. The molecule has 136 valence electrons. The van der Waals surface area contributed by atoms with Crippen molar-refractivity contribution in [3.8, 4) is 5.75 Å².